The SMILES string of the molecule is CCc1ccccc1N(CC(=O)N(Cc1cccc(C)c1)[C@@H](C)C(=O)NCC(C)C)S(C)(=O)=O. The number of hydrogen-bond donors (Lipinski definition) is 1. The van der Waals surface area contributed by atoms with Gasteiger partial charge < -0.3 is 10.2 Å². The van der Waals surface area contributed by atoms with Crippen LogP contribution in [-0.2, 0) is 32.6 Å². The van der Waals surface area contributed by atoms with Crippen molar-refractivity contribution < 1.29 is 18.0 Å². The minimum Gasteiger partial charge on any atom is -0.354 e. The van der Waals surface area contributed by atoms with Crippen LogP contribution < -0.4 is 9.62 Å². The summed E-state index contributed by atoms with van der Waals surface area (Å²) in [5.41, 5.74) is 3.22. The highest BCUT2D eigenvalue weighted by atomic mass is 32.2. The molecule has 0 bridgehead atoms. The number of anilines is 1. The Balaban J connectivity index is 2.40. The van der Waals surface area contributed by atoms with E-state index in [0.717, 1.165) is 27.3 Å². The lowest BCUT2D eigenvalue weighted by Crippen LogP contribution is -2.51. The number of para-hydroxylation sites is 1. The molecular formula is C26H37N3O4S. The molecule has 0 spiro atoms. The van der Waals surface area contributed by atoms with Gasteiger partial charge in [0.1, 0.15) is 12.6 Å². The Bertz CT molecular complexity index is 1100. The average molecular weight is 488 g/mol. The highest BCUT2D eigenvalue weighted by Gasteiger charge is 2.30. The van der Waals surface area contributed by atoms with E-state index in [4.69, 9.17) is 0 Å². The number of aryl methyl sites for hydroxylation is 2. The van der Waals surface area contributed by atoms with Crippen molar-refractivity contribution in [2.45, 2.75) is 53.6 Å². The van der Waals surface area contributed by atoms with Gasteiger partial charge in [-0.05, 0) is 43.4 Å². The first kappa shape index (κ1) is 27.4. The molecule has 0 saturated heterocycles. The van der Waals surface area contributed by atoms with Gasteiger partial charge in [-0.1, -0.05) is 68.8 Å². The Hall–Kier alpha value is -2.87. The van der Waals surface area contributed by atoms with Gasteiger partial charge >= 0.3 is 0 Å². The normalized spacial score (nSPS) is 12.3. The van der Waals surface area contributed by atoms with Crippen molar-refractivity contribution in [2.24, 2.45) is 5.92 Å². The molecule has 2 aromatic rings. The number of benzene rings is 2. The van der Waals surface area contributed by atoms with E-state index in [-0.39, 0.29) is 24.9 Å². The third kappa shape index (κ3) is 7.58. The number of carbonyl (C=O) groups is 2. The Labute approximate surface area is 204 Å². The largest absolute Gasteiger partial charge is 0.354 e. The van der Waals surface area contributed by atoms with Crippen molar-refractivity contribution in [3.63, 3.8) is 0 Å². The van der Waals surface area contributed by atoms with Crippen molar-refractivity contribution in [3.8, 4) is 0 Å². The zero-order valence-corrected chi connectivity index (χ0v) is 21.9. The Kier molecular flexibility index (Phi) is 9.67. The Morgan fingerprint density at radius 2 is 1.71 bits per heavy atom. The maximum absolute atomic E-state index is 13.6. The van der Waals surface area contributed by atoms with Crippen molar-refractivity contribution in [1.29, 1.82) is 0 Å². The second-order valence-corrected chi connectivity index (χ2v) is 11.0. The van der Waals surface area contributed by atoms with Crippen LogP contribution in [0.1, 0.15) is 44.4 Å². The zero-order valence-electron chi connectivity index (χ0n) is 21.0. The monoisotopic (exact) mass is 487 g/mol. The first-order chi connectivity index (χ1) is 15.9. The molecule has 0 radical (unpaired) electrons. The summed E-state index contributed by atoms with van der Waals surface area (Å²) in [5, 5.41) is 2.88. The molecule has 2 aromatic carbocycles. The summed E-state index contributed by atoms with van der Waals surface area (Å²) in [6.45, 7) is 9.87. The van der Waals surface area contributed by atoms with E-state index < -0.39 is 22.0 Å². The number of nitrogens with one attached hydrogen (secondary N) is 1. The molecule has 0 aliphatic rings. The van der Waals surface area contributed by atoms with Gasteiger partial charge in [-0.3, -0.25) is 13.9 Å². The predicted molar refractivity (Wildman–Crippen MR) is 137 cm³/mol. The van der Waals surface area contributed by atoms with Crippen LogP contribution in [0.5, 0.6) is 0 Å². The van der Waals surface area contributed by atoms with E-state index in [1.807, 2.05) is 64.1 Å². The Morgan fingerprint density at radius 3 is 2.29 bits per heavy atom. The third-order valence-electron chi connectivity index (χ3n) is 5.61. The fraction of sp³-hybridized carbons (Fsp3) is 0.462. The number of hydrogen-bond acceptors (Lipinski definition) is 4. The van der Waals surface area contributed by atoms with Crippen LogP contribution in [0, 0.1) is 12.8 Å². The summed E-state index contributed by atoms with van der Waals surface area (Å²) in [6, 6.07) is 14.1. The van der Waals surface area contributed by atoms with Gasteiger partial charge in [-0.25, -0.2) is 8.42 Å². The second-order valence-electron chi connectivity index (χ2n) is 9.08. The summed E-state index contributed by atoms with van der Waals surface area (Å²) in [4.78, 5) is 27.9. The maximum atomic E-state index is 13.6. The predicted octanol–water partition coefficient (Wildman–Crippen LogP) is 3.51. The van der Waals surface area contributed by atoms with Crippen LogP contribution in [0.2, 0.25) is 0 Å². The molecule has 0 saturated carbocycles. The fourth-order valence-corrected chi connectivity index (χ4v) is 4.57. The number of nitrogens with zero attached hydrogens (tertiary/aromatic N) is 2. The maximum Gasteiger partial charge on any atom is 0.244 e. The quantitative estimate of drug-likeness (QED) is 0.525. The molecule has 0 unspecified atom stereocenters. The molecule has 0 heterocycles. The van der Waals surface area contributed by atoms with Gasteiger partial charge in [-0.2, -0.15) is 0 Å². The molecular weight excluding hydrogens is 450 g/mol. The molecule has 0 aliphatic carbocycles. The smallest absolute Gasteiger partial charge is 0.244 e. The molecule has 186 valence electrons. The van der Waals surface area contributed by atoms with Crippen LogP contribution in [0.4, 0.5) is 5.69 Å². The molecule has 0 aliphatic heterocycles. The van der Waals surface area contributed by atoms with Crippen LogP contribution in [0.25, 0.3) is 0 Å². The van der Waals surface area contributed by atoms with E-state index in [9.17, 15) is 18.0 Å². The van der Waals surface area contributed by atoms with Crippen molar-refractivity contribution in [3.05, 3.63) is 65.2 Å². The van der Waals surface area contributed by atoms with E-state index >= 15 is 0 Å². The number of rotatable bonds is 11. The summed E-state index contributed by atoms with van der Waals surface area (Å²) < 4.78 is 26.6. The van der Waals surface area contributed by atoms with Crippen molar-refractivity contribution in [1.82, 2.24) is 10.2 Å². The highest BCUT2D eigenvalue weighted by Crippen LogP contribution is 2.24. The minimum atomic E-state index is -3.74. The van der Waals surface area contributed by atoms with Crippen molar-refractivity contribution >= 4 is 27.5 Å². The van der Waals surface area contributed by atoms with E-state index in [1.165, 1.54) is 4.90 Å². The number of carbonyl (C=O) groups excluding carboxylic acids is 2. The molecule has 0 fully saturated rings. The van der Waals surface area contributed by atoms with E-state index in [1.54, 1.807) is 19.1 Å². The first-order valence-corrected chi connectivity index (χ1v) is 13.5. The van der Waals surface area contributed by atoms with Gasteiger partial charge in [-0.15, -0.1) is 0 Å². The molecule has 1 N–H and O–H groups in total. The minimum absolute atomic E-state index is 0.198. The summed E-state index contributed by atoms with van der Waals surface area (Å²) >= 11 is 0. The standard InChI is InChI=1S/C26H37N3O4S/c1-7-23-13-8-9-14-24(23)29(34(6,32)33)18-25(30)28(17-22-12-10-11-20(4)15-22)21(5)26(31)27-16-19(2)3/h8-15,19,21H,7,16-18H2,1-6H3,(H,27,31)/t21-/m0/s1. The van der Waals surface area contributed by atoms with Crippen LogP contribution >= 0.6 is 0 Å². The fourth-order valence-electron chi connectivity index (χ4n) is 3.69. The van der Waals surface area contributed by atoms with Crippen LogP contribution in [-0.4, -0.2) is 50.5 Å². The molecule has 2 amide bonds. The lowest BCUT2D eigenvalue weighted by Gasteiger charge is -2.32. The first-order valence-electron chi connectivity index (χ1n) is 11.6. The van der Waals surface area contributed by atoms with Gasteiger partial charge in [0.05, 0.1) is 11.9 Å². The average Bonchev–Trinajstić information content (AvgIpc) is 2.78. The molecule has 1 atom stereocenters. The molecule has 0 aromatic heterocycles. The van der Waals surface area contributed by atoms with Crippen LogP contribution in [0.3, 0.4) is 0 Å². The molecule has 7 nitrogen and oxygen atoms in total. The van der Waals surface area contributed by atoms with Gasteiger partial charge in [0, 0.05) is 13.1 Å². The van der Waals surface area contributed by atoms with Gasteiger partial charge in [0.2, 0.25) is 21.8 Å². The number of sulfonamides is 1. The molecule has 2 rings (SSSR count). The zero-order chi connectivity index (χ0) is 25.5. The van der Waals surface area contributed by atoms with Crippen LogP contribution in [0.15, 0.2) is 48.5 Å². The van der Waals surface area contributed by atoms with E-state index in [0.29, 0.717) is 18.7 Å². The Morgan fingerprint density at radius 1 is 1.03 bits per heavy atom. The summed E-state index contributed by atoms with van der Waals surface area (Å²) in [6.07, 6.45) is 1.72. The highest BCUT2D eigenvalue weighted by molar-refractivity contribution is 7.92. The number of amides is 2. The van der Waals surface area contributed by atoms with Crippen molar-refractivity contribution in [2.75, 3.05) is 23.7 Å². The second kappa shape index (κ2) is 12.0. The molecule has 34 heavy (non-hydrogen) atoms. The summed E-state index contributed by atoms with van der Waals surface area (Å²) in [5.74, 6) is -0.442. The lowest BCUT2D eigenvalue weighted by molar-refractivity contribution is -0.139. The summed E-state index contributed by atoms with van der Waals surface area (Å²) in [7, 11) is -3.74. The lowest BCUT2D eigenvalue weighted by atomic mass is 10.1. The van der Waals surface area contributed by atoms with Gasteiger partial charge in [0.25, 0.3) is 0 Å². The van der Waals surface area contributed by atoms with Gasteiger partial charge in [0.15, 0.2) is 0 Å². The molecule has 8 heteroatoms. The third-order valence-corrected chi connectivity index (χ3v) is 6.73. The van der Waals surface area contributed by atoms with E-state index in [2.05, 4.69) is 5.32 Å². The topological polar surface area (TPSA) is 86.8 Å².